The number of hydrogen-bond donors (Lipinski definition) is 0. The summed E-state index contributed by atoms with van der Waals surface area (Å²) in [6.45, 7) is 9.60. The monoisotopic (exact) mass is 194 g/mol. The fourth-order valence-electron chi connectivity index (χ4n) is 1.49. The van der Waals surface area contributed by atoms with Gasteiger partial charge in [0.1, 0.15) is 0 Å². The van der Waals surface area contributed by atoms with Gasteiger partial charge in [-0.05, 0) is 37.1 Å². The minimum Gasteiger partial charge on any atom is -0.290 e. The molecule has 0 aromatic carbocycles. The first-order chi connectivity index (χ1) is 6.51. The Morgan fingerprint density at radius 1 is 1.36 bits per heavy atom. The minimum absolute atomic E-state index is 0.386. The van der Waals surface area contributed by atoms with Crippen molar-refractivity contribution in [2.24, 2.45) is 11.3 Å². The second-order valence-electron chi connectivity index (χ2n) is 5.65. The van der Waals surface area contributed by atoms with Crippen LogP contribution in [0.3, 0.4) is 0 Å². The van der Waals surface area contributed by atoms with Gasteiger partial charge in [-0.25, -0.2) is 0 Å². The fourth-order valence-corrected chi connectivity index (χ4v) is 1.49. The summed E-state index contributed by atoms with van der Waals surface area (Å²) in [4.78, 5) is 2.31. The Kier molecular flexibility index (Phi) is 3.95. The van der Waals surface area contributed by atoms with Crippen molar-refractivity contribution in [2.45, 2.75) is 40.0 Å². The third-order valence-corrected chi connectivity index (χ3v) is 2.69. The maximum atomic E-state index is 8.71. The lowest BCUT2D eigenvalue weighted by Crippen LogP contribution is -2.29. The van der Waals surface area contributed by atoms with Crippen molar-refractivity contribution in [1.29, 1.82) is 5.26 Å². The van der Waals surface area contributed by atoms with Crippen LogP contribution in [-0.2, 0) is 0 Å². The molecule has 0 N–H and O–H groups in total. The normalized spacial score (nSPS) is 17.1. The van der Waals surface area contributed by atoms with E-state index in [1.807, 2.05) is 0 Å². The molecule has 0 unspecified atom stereocenters. The minimum atomic E-state index is 0.386. The Hall–Kier alpha value is -0.550. The van der Waals surface area contributed by atoms with Crippen LogP contribution >= 0.6 is 0 Å². The van der Waals surface area contributed by atoms with Gasteiger partial charge in [0, 0.05) is 6.54 Å². The van der Waals surface area contributed by atoms with Gasteiger partial charge in [0.15, 0.2) is 0 Å². The molecule has 2 heteroatoms. The highest BCUT2D eigenvalue weighted by atomic mass is 15.1. The molecule has 0 saturated heterocycles. The van der Waals surface area contributed by atoms with Gasteiger partial charge in [0.05, 0.1) is 12.6 Å². The second-order valence-corrected chi connectivity index (χ2v) is 5.65. The van der Waals surface area contributed by atoms with Crippen molar-refractivity contribution in [3.63, 3.8) is 0 Å². The predicted octanol–water partition coefficient (Wildman–Crippen LogP) is 2.66. The van der Waals surface area contributed by atoms with E-state index in [1.165, 1.54) is 19.3 Å². The summed E-state index contributed by atoms with van der Waals surface area (Å²) in [6, 6.07) is 2.26. The summed E-state index contributed by atoms with van der Waals surface area (Å²) in [5.41, 5.74) is 0.386. The first kappa shape index (κ1) is 11.5. The van der Waals surface area contributed by atoms with Gasteiger partial charge in [-0.3, -0.25) is 4.90 Å². The molecule has 1 aliphatic carbocycles. The summed E-state index contributed by atoms with van der Waals surface area (Å²) in [5.74, 6) is 0.892. The SMILES string of the molecule is CC(C)(C)CCN(CC#N)CC1CC1. The highest BCUT2D eigenvalue weighted by Gasteiger charge is 2.24. The fraction of sp³-hybridized carbons (Fsp3) is 0.917. The third-order valence-electron chi connectivity index (χ3n) is 2.69. The van der Waals surface area contributed by atoms with E-state index in [9.17, 15) is 0 Å². The molecule has 0 amide bonds. The largest absolute Gasteiger partial charge is 0.290 e. The molecule has 1 fully saturated rings. The van der Waals surface area contributed by atoms with Gasteiger partial charge >= 0.3 is 0 Å². The van der Waals surface area contributed by atoms with E-state index in [2.05, 4.69) is 31.7 Å². The maximum absolute atomic E-state index is 8.71. The van der Waals surface area contributed by atoms with Crippen LogP contribution in [0.1, 0.15) is 40.0 Å². The summed E-state index contributed by atoms with van der Waals surface area (Å²) in [7, 11) is 0. The number of rotatable bonds is 5. The summed E-state index contributed by atoms with van der Waals surface area (Å²) in [5, 5.41) is 8.71. The van der Waals surface area contributed by atoms with Crippen LogP contribution in [0.15, 0.2) is 0 Å². The van der Waals surface area contributed by atoms with Crippen molar-refractivity contribution >= 4 is 0 Å². The van der Waals surface area contributed by atoms with Crippen LogP contribution in [0.2, 0.25) is 0 Å². The van der Waals surface area contributed by atoms with Gasteiger partial charge in [-0.15, -0.1) is 0 Å². The first-order valence-electron chi connectivity index (χ1n) is 5.60. The molecule has 0 bridgehead atoms. The zero-order valence-electron chi connectivity index (χ0n) is 9.71. The Bertz CT molecular complexity index is 205. The van der Waals surface area contributed by atoms with E-state index < -0.39 is 0 Å². The van der Waals surface area contributed by atoms with Crippen molar-refractivity contribution in [2.75, 3.05) is 19.6 Å². The lowest BCUT2D eigenvalue weighted by Gasteiger charge is -2.24. The summed E-state index contributed by atoms with van der Waals surface area (Å²) < 4.78 is 0. The highest BCUT2D eigenvalue weighted by molar-refractivity contribution is 4.83. The Labute approximate surface area is 87.9 Å². The van der Waals surface area contributed by atoms with E-state index in [1.54, 1.807) is 0 Å². The van der Waals surface area contributed by atoms with Crippen LogP contribution < -0.4 is 0 Å². The zero-order valence-corrected chi connectivity index (χ0v) is 9.71. The summed E-state index contributed by atoms with van der Waals surface area (Å²) >= 11 is 0. The highest BCUT2D eigenvalue weighted by Crippen LogP contribution is 2.30. The van der Waals surface area contributed by atoms with Crippen molar-refractivity contribution in [3.8, 4) is 6.07 Å². The molecule has 1 saturated carbocycles. The molecule has 0 aromatic rings. The number of nitriles is 1. The van der Waals surface area contributed by atoms with E-state index in [4.69, 9.17) is 5.26 Å². The molecule has 0 aliphatic heterocycles. The average molecular weight is 194 g/mol. The smallest absolute Gasteiger partial charge is 0.0866 e. The molecule has 0 radical (unpaired) electrons. The van der Waals surface area contributed by atoms with Crippen molar-refractivity contribution in [3.05, 3.63) is 0 Å². The van der Waals surface area contributed by atoms with Crippen LogP contribution in [0.5, 0.6) is 0 Å². The van der Waals surface area contributed by atoms with Gasteiger partial charge in [-0.2, -0.15) is 5.26 Å². The zero-order chi connectivity index (χ0) is 10.6. The van der Waals surface area contributed by atoms with Crippen LogP contribution in [-0.4, -0.2) is 24.5 Å². The molecule has 80 valence electrons. The Morgan fingerprint density at radius 3 is 2.43 bits per heavy atom. The van der Waals surface area contributed by atoms with E-state index >= 15 is 0 Å². The van der Waals surface area contributed by atoms with Crippen LogP contribution in [0.4, 0.5) is 0 Å². The maximum Gasteiger partial charge on any atom is 0.0866 e. The van der Waals surface area contributed by atoms with Crippen molar-refractivity contribution in [1.82, 2.24) is 4.90 Å². The topological polar surface area (TPSA) is 27.0 Å². The molecule has 0 atom stereocenters. The van der Waals surface area contributed by atoms with Gasteiger partial charge < -0.3 is 0 Å². The third kappa shape index (κ3) is 5.24. The number of nitrogens with zero attached hydrogens (tertiary/aromatic N) is 2. The van der Waals surface area contributed by atoms with Crippen LogP contribution in [0, 0.1) is 22.7 Å². The molecule has 0 heterocycles. The number of hydrogen-bond acceptors (Lipinski definition) is 2. The lowest BCUT2D eigenvalue weighted by molar-refractivity contribution is 0.240. The summed E-state index contributed by atoms with van der Waals surface area (Å²) in [6.07, 6.45) is 3.93. The molecule has 0 aromatic heterocycles. The van der Waals surface area contributed by atoms with Crippen LogP contribution in [0.25, 0.3) is 0 Å². The predicted molar refractivity (Wildman–Crippen MR) is 58.8 cm³/mol. The first-order valence-corrected chi connectivity index (χ1v) is 5.60. The molecule has 1 aliphatic rings. The van der Waals surface area contributed by atoms with Gasteiger partial charge in [-0.1, -0.05) is 20.8 Å². The Morgan fingerprint density at radius 2 is 2.00 bits per heavy atom. The Balaban J connectivity index is 2.23. The quantitative estimate of drug-likeness (QED) is 0.629. The standard InChI is InChI=1S/C12H22N2/c1-12(2,3)6-8-14(9-7-13)10-11-4-5-11/h11H,4-6,8-10H2,1-3H3. The van der Waals surface area contributed by atoms with E-state index in [0.29, 0.717) is 12.0 Å². The molecule has 0 spiro atoms. The lowest BCUT2D eigenvalue weighted by atomic mass is 9.92. The molecule has 2 nitrogen and oxygen atoms in total. The van der Waals surface area contributed by atoms with Gasteiger partial charge in [0.2, 0.25) is 0 Å². The second kappa shape index (κ2) is 4.79. The molecular formula is C12H22N2. The molecular weight excluding hydrogens is 172 g/mol. The van der Waals surface area contributed by atoms with Crippen molar-refractivity contribution < 1.29 is 0 Å². The average Bonchev–Trinajstić information content (AvgIpc) is 2.83. The molecule has 1 rings (SSSR count). The van der Waals surface area contributed by atoms with E-state index in [0.717, 1.165) is 19.0 Å². The molecule has 14 heavy (non-hydrogen) atoms. The van der Waals surface area contributed by atoms with E-state index in [-0.39, 0.29) is 0 Å². The van der Waals surface area contributed by atoms with Gasteiger partial charge in [0.25, 0.3) is 0 Å².